The molecule has 0 aromatic carbocycles. The Hall–Kier alpha value is -3.51. The first-order valence-corrected chi connectivity index (χ1v) is 8.16. The van der Waals surface area contributed by atoms with Gasteiger partial charge in [0.2, 0.25) is 11.7 Å². The minimum Gasteiger partial charge on any atom is -0.341 e. The molecular weight excluding hydrogens is 420 g/mol. The fraction of sp³-hybridized carbons (Fsp3) is 0.235. The topological polar surface area (TPSA) is 93.8 Å². The molecule has 0 saturated heterocycles. The van der Waals surface area contributed by atoms with Gasteiger partial charge in [-0.25, -0.2) is 0 Å². The number of alkyl halides is 6. The van der Waals surface area contributed by atoms with Crippen molar-refractivity contribution in [3.8, 4) is 11.4 Å². The molecule has 3 aromatic rings. The van der Waals surface area contributed by atoms with E-state index in [0.29, 0.717) is 6.07 Å². The highest BCUT2D eigenvalue weighted by molar-refractivity contribution is 5.94. The molecule has 0 aliphatic rings. The lowest BCUT2D eigenvalue weighted by Crippen LogP contribution is -2.27. The van der Waals surface area contributed by atoms with Crippen LogP contribution in [0.3, 0.4) is 0 Å². The van der Waals surface area contributed by atoms with Crippen molar-refractivity contribution < 1.29 is 35.7 Å². The summed E-state index contributed by atoms with van der Waals surface area (Å²) >= 11 is 0. The zero-order valence-corrected chi connectivity index (χ0v) is 14.9. The molecule has 1 amide bonds. The van der Waals surface area contributed by atoms with E-state index >= 15 is 0 Å². The second-order valence-electron chi connectivity index (χ2n) is 6.01. The number of nitrogens with zero attached hydrogens (tertiary/aromatic N) is 4. The zero-order chi connectivity index (χ0) is 22.1. The number of carbonyl (C=O) groups excluding carboxylic acids is 1. The van der Waals surface area contributed by atoms with Crippen LogP contribution in [0.4, 0.5) is 26.3 Å². The van der Waals surface area contributed by atoms with E-state index in [9.17, 15) is 31.1 Å². The van der Waals surface area contributed by atoms with Gasteiger partial charge in [-0.05, 0) is 31.2 Å². The number of carbonyl (C=O) groups is 1. The number of rotatable bonds is 4. The number of hydrogen-bond donors (Lipinski definition) is 1. The quantitative estimate of drug-likeness (QED) is 0.627. The van der Waals surface area contributed by atoms with E-state index in [4.69, 9.17) is 4.52 Å². The highest BCUT2D eigenvalue weighted by Crippen LogP contribution is 2.30. The van der Waals surface area contributed by atoms with Gasteiger partial charge in [0.05, 0.1) is 0 Å². The van der Waals surface area contributed by atoms with Crippen molar-refractivity contribution in [3.63, 3.8) is 0 Å². The molecule has 0 bridgehead atoms. The van der Waals surface area contributed by atoms with Crippen molar-refractivity contribution in [1.82, 2.24) is 25.4 Å². The first kappa shape index (κ1) is 21.2. The summed E-state index contributed by atoms with van der Waals surface area (Å²) < 4.78 is 81.4. The third-order valence-electron chi connectivity index (χ3n) is 3.78. The third kappa shape index (κ3) is 4.72. The molecule has 1 N–H and O–H groups in total. The molecule has 0 spiro atoms. The maximum absolute atomic E-state index is 12.8. The summed E-state index contributed by atoms with van der Waals surface area (Å²) in [6.45, 7) is 1.41. The third-order valence-corrected chi connectivity index (χ3v) is 3.78. The van der Waals surface area contributed by atoms with Gasteiger partial charge in [0.1, 0.15) is 17.4 Å². The van der Waals surface area contributed by atoms with Crippen LogP contribution in [0, 0.1) is 0 Å². The van der Waals surface area contributed by atoms with Crippen molar-refractivity contribution in [2.75, 3.05) is 0 Å². The largest absolute Gasteiger partial charge is 0.433 e. The lowest BCUT2D eigenvalue weighted by molar-refractivity contribution is -0.141. The second-order valence-corrected chi connectivity index (χ2v) is 6.01. The normalized spacial score (nSPS) is 13.2. The summed E-state index contributed by atoms with van der Waals surface area (Å²) in [6, 6.07) is 2.70. The van der Waals surface area contributed by atoms with E-state index in [-0.39, 0.29) is 22.8 Å². The van der Waals surface area contributed by atoms with Gasteiger partial charge in [-0.1, -0.05) is 5.16 Å². The van der Waals surface area contributed by atoms with Gasteiger partial charge in [0.25, 0.3) is 5.91 Å². The molecule has 0 aliphatic carbocycles. The SMILES string of the molecule is CC(NC(=O)c1ccnc(C(F)(F)F)c1)c1nc(-c2ccnc(C(F)(F)F)c2)no1. The molecule has 0 aliphatic heterocycles. The molecular formula is C17H11F6N5O2. The molecule has 3 aromatic heterocycles. The van der Waals surface area contributed by atoms with Crippen LogP contribution in [0.5, 0.6) is 0 Å². The second kappa shape index (κ2) is 7.72. The van der Waals surface area contributed by atoms with Crippen LogP contribution in [0.25, 0.3) is 11.4 Å². The molecule has 0 saturated carbocycles. The summed E-state index contributed by atoms with van der Waals surface area (Å²) in [4.78, 5) is 22.5. The Balaban J connectivity index is 1.76. The molecule has 30 heavy (non-hydrogen) atoms. The molecule has 13 heteroatoms. The number of pyridine rings is 2. The van der Waals surface area contributed by atoms with E-state index < -0.39 is 35.7 Å². The molecule has 0 radical (unpaired) electrons. The van der Waals surface area contributed by atoms with Gasteiger partial charge in [-0.2, -0.15) is 31.3 Å². The Morgan fingerprint density at radius 1 is 1.00 bits per heavy atom. The number of halogens is 6. The van der Waals surface area contributed by atoms with Crippen molar-refractivity contribution in [2.45, 2.75) is 25.3 Å². The Labute approximate surface area is 164 Å². The van der Waals surface area contributed by atoms with Crippen LogP contribution >= 0.6 is 0 Å². The number of nitrogens with one attached hydrogen (secondary N) is 1. The summed E-state index contributed by atoms with van der Waals surface area (Å²) in [6.07, 6.45) is -7.61. The van der Waals surface area contributed by atoms with Crippen LogP contribution in [0.2, 0.25) is 0 Å². The molecule has 3 heterocycles. The van der Waals surface area contributed by atoms with Crippen LogP contribution in [0.15, 0.2) is 41.2 Å². The predicted octanol–water partition coefficient (Wildman–Crippen LogP) is 4.06. The molecule has 0 fully saturated rings. The standard InChI is InChI=1S/C17H11F6N5O2/c1-8(26-14(29)10-3-5-25-12(7-10)17(21,22)23)15-27-13(28-30-15)9-2-4-24-11(6-9)16(18,19)20/h2-8H,1H3,(H,26,29). The predicted molar refractivity (Wildman–Crippen MR) is 87.7 cm³/mol. The molecule has 3 rings (SSSR count). The first-order chi connectivity index (χ1) is 13.9. The van der Waals surface area contributed by atoms with Crippen LogP contribution < -0.4 is 5.32 Å². The fourth-order valence-electron chi connectivity index (χ4n) is 2.32. The Bertz CT molecular complexity index is 1060. The van der Waals surface area contributed by atoms with E-state index in [1.807, 2.05) is 0 Å². The van der Waals surface area contributed by atoms with Crippen LogP contribution in [0.1, 0.15) is 40.6 Å². The Kier molecular flexibility index (Phi) is 5.46. The van der Waals surface area contributed by atoms with Gasteiger partial charge >= 0.3 is 12.4 Å². The number of amides is 1. The Morgan fingerprint density at radius 3 is 2.23 bits per heavy atom. The first-order valence-electron chi connectivity index (χ1n) is 8.16. The fourth-order valence-corrected chi connectivity index (χ4v) is 2.32. The Morgan fingerprint density at radius 2 is 1.60 bits per heavy atom. The van der Waals surface area contributed by atoms with Gasteiger partial charge in [0.15, 0.2) is 0 Å². The van der Waals surface area contributed by atoms with Crippen molar-refractivity contribution in [1.29, 1.82) is 0 Å². The van der Waals surface area contributed by atoms with Crippen molar-refractivity contribution in [3.05, 3.63) is 59.5 Å². The smallest absolute Gasteiger partial charge is 0.341 e. The highest BCUT2D eigenvalue weighted by Gasteiger charge is 2.34. The highest BCUT2D eigenvalue weighted by atomic mass is 19.4. The van der Waals surface area contributed by atoms with Gasteiger partial charge < -0.3 is 9.84 Å². The summed E-state index contributed by atoms with van der Waals surface area (Å²) in [5, 5.41) is 5.93. The number of aromatic nitrogens is 4. The van der Waals surface area contributed by atoms with Crippen molar-refractivity contribution >= 4 is 5.91 Å². The minimum absolute atomic E-state index is 0.0187. The molecule has 7 nitrogen and oxygen atoms in total. The van der Waals surface area contributed by atoms with Crippen LogP contribution in [-0.2, 0) is 12.4 Å². The van der Waals surface area contributed by atoms with Gasteiger partial charge in [0, 0.05) is 23.5 Å². The monoisotopic (exact) mass is 431 g/mol. The maximum Gasteiger partial charge on any atom is 0.433 e. The van der Waals surface area contributed by atoms with Crippen LogP contribution in [-0.4, -0.2) is 26.0 Å². The molecule has 158 valence electrons. The van der Waals surface area contributed by atoms with Gasteiger partial charge in [-0.15, -0.1) is 0 Å². The van der Waals surface area contributed by atoms with E-state index in [2.05, 4.69) is 25.4 Å². The lowest BCUT2D eigenvalue weighted by atomic mass is 10.2. The lowest BCUT2D eigenvalue weighted by Gasteiger charge is -2.11. The molecule has 1 atom stereocenters. The van der Waals surface area contributed by atoms with E-state index in [0.717, 1.165) is 24.5 Å². The zero-order valence-electron chi connectivity index (χ0n) is 14.9. The average molecular weight is 431 g/mol. The minimum atomic E-state index is -4.72. The van der Waals surface area contributed by atoms with Gasteiger partial charge in [-0.3, -0.25) is 14.8 Å². The average Bonchev–Trinajstić information content (AvgIpc) is 3.17. The number of hydrogen-bond acceptors (Lipinski definition) is 6. The maximum atomic E-state index is 12.8. The summed E-state index contributed by atoms with van der Waals surface area (Å²) in [5.41, 5.74) is -2.70. The summed E-state index contributed by atoms with van der Waals surface area (Å²) in [5.74, 6) is -1.20. The summed E-state index contributed by atoms with van der Waals surface area (Å²) in [7, 11) is 0. The van der Waals surface area contributed by atoms with E-state index in [1.165, 1.54) is 13.0 Å². The van der Waals surface area contributed by atoms with E-state index in [1.54, 1.807) is 0 Å². The van der Waals surface area contributed by atoms with Crippen molar-refractivity contribution in [2.24, 2.45) is 0 Å². The molecule has 1 unspecified atom stereocenters.